The molecule has 350 valence electrons. The Bertz CT molecular complexity index is 1770. The minimum Gasteiger partial charge on any atom is -0.480 e. The van der Waals surface area contributed by atoms with Gasteiger partial charge in [-0.05, 0) is 64.3 Å². The molecule has 5 aliphatic heterocycles. The largest absolute Gasteiger partial charge is 0.480 e. The number of aliphatic hydroxyl groups excluding tert-OH is 2. The summed E-state index contributed by atoms with van der Waals surface area (Å²) in [6.07, 6.45) is 1.33. The SMILES string of the molecule is NCCCC[C@H](NC(=O)CNC(=O)[C@@H]1CCCN1C(=O)[C@@H]1C[C@@H](O)CN1C(=O)CN)C(=O)N1CCC[C@H]1C(=O)NCC(=O)N1C[C@H](O)C[C@H]1C(=O)N1CCC[C@H]1C(=O)NCC(=O)O. The Balaban J connectivity index is 1.15. The van der Waals surface area contributed by atoms with Crippen molar-refractivity contribution in [3.05, 3.63) is 0 Å². The minimum absolute atomic E-state index is 0.00462. The maximum absolute atomic E-state index is 14.0. The molecule has 24 heteroatoms. The van der Waals surface area contributed by atoms with Crippen molar-refractivity contribution >= 4 is 59.1 Å². The van der Waals surface area contributed by atoms with Gasteiger partial charge in [0.05, 0.1) is 31.8 Å². The fourth-order valence-corrected chi connectivity index (χ4v) is 9.20. The zero-order valence-corrected chi connectivity index (χ0v) is 35.3. The molecule has 0 aliphatic carbocycles. The number of amides is 9. The lowest BCUT2D eigenvalue weighted by molar-refractivity contribution is -0.147. The van der Waals surface area contributed by atoms with Crippen LogP contribution >= 0.6 is 0 Å². The number of carbonyl (C=O) groups excluding carboxylic acids is 9. The molecule has 5 aliphatic rings. The number of carboxylic acids is 1. The molecule has 0 spiro atoms. The van der Waals surface area contributed by atoms with Gasteiger partial charge in [-0.25, -0.2) is 0 Å². The summed E-state index contributed by atoms with van der Waals surface area (Å²) >= 11 is 0. The zero-order valence-electron chi connectivity index (χ0n) is 35.3. The Kier molecular flexibility index (Phi) is 17.2. The van der Waals surface area contributed by atoms with Crippen molar-refractivity contribution in [1.29, 1.82) is 0 Å². The fraction of sp³-hybridized carbons (Fsp3) is 0.744. The van der Waals surface area contributed by atoms with Crippen molar-refractivity contribution in [2.24, 2.45) is 11.5 Å². The van der Waals surface area contributed by atoms with Gasteiger partial charge in [0.1, 0.15) is 42.8 Å². The molecule has 0 unspecified atom stereocenters. The molecule has 8 atom stereocenters. The molecule has 11 N–H and O–H groups in total. The lowest BCUT2D eigenvalue weighted by atomic mass is 10.1. The number of nitrogens with zero attached hydrogens (tertiary/aromatic N) is 5. The van der Waals surface area contributed by atoms with Crippen molar-refractivity contribution in [2.45, 2.75) is 119 Å². The van der Waals surface area contributed by atoms with Gasteiger partial charge in [-0.3, -0.25) is 47.9 Å². The maximum atomic E-state index is 14.0. The van der Waals surface area contributed by atoms with Gasteiger partial charge < -0.3 is 72.6 Å². The van der Waals surface area contributed by atoms with E-state index in [-0.39, 0.29) is 65.0 Å². The molecule has 5 heterocycles. The van der Waals surface area contributed by atoms with E-state index in [0.29, 0.717) is 51.5 Å². The molecule has 63 heavy (non-hydrogen) atoms. The van der Waals surface area contributed by atoms with Gasteiger partial charge >= 0.3 is 5.97 Å². The Morgan fingerprint density at radius 3 is 1.52 bits per heavy atom. The van der Waals surface area contributed by atoms with Crippen LogP contribution in [0.3, 0.4) is 0 Å². The number of carboxylic acid groups (broad SMARTS) is 1. The fourth-order valence-electron chi connectivity index (χ4n) is 9.20. The van der Waals surface area contributed by atoms with Gasteiger partial charge in [-0.2, -0.15) is 0 Å². The van der Waals surface area contributed by atoms with Crippen molar-refractivity contribution < 1.29 is 63.3 Å². The van der Waals surface area contributed by atoms with Crippen molar-refractivity contribution in [1.82, 2.24) is 45.8 Å². The van der Waals surface area contributed by atoms with Gasteiger partial charge in [0.15, 0.2) is 0 Å². The van der Waals surface area contributed by atoms with Crippen LogP contribution in [0.2, 0.25) is 0 Å². The Labute approximate surface area is 363 Å². The molecule has 0 aromatic heterocycles. The van der Waals surface area contributed by atoms with Crippen LogP contribution in [0.1, 0.15) is 70.6 Å². The molecule has 0 aromatic carbocycles. The summed E-state index contributed by atoms with van der Waals surface area (Å²) < 4.78 is 0. The molecule has 5 fully saturated rings. The quantitative estimate of drug-likeness (QED) is 0.0579. The summed E-state index contributed by atoms with van der Waals surface area (Å²) in [4.78, 5) is 137. The third-order valence-electron chi connectivity index (χ3n) is 12.3. The first-order valence-electron chi connectivity index (χ1n) is 21.7. The van der Waals surface area contributed by atoms with Crippen LogP contribution in [0.25, 0.3) is 0 Å². The van der Waals surface area contributed by atoms with E-state index < -0.39 is 127 Å². The Morgan fingerprint density at radius 2 is 1.03 bits per heavy atom. The van der Waals surface area contributed by atoms with Crippen molar-refractivity contribution in [3.8, 4) is 0 Å². The smallest absolute Gasteiger partial charge is 0.322 e. The normalized spacial score (nSPS) is 26.1. The molecular weight excluding hydrogens is 830 g/mol. The summed E-state index contributed by atoms with van der Waals surface area (Å²) in [6.45, 7) is -1.40. The number of unbranched alkanes of at least 4 members (excludes halogenated alkanes) is 1. The highest BCUT2D eigenvalue weighted by molar-refractivity contribution is 5.98. The third-order valence-corrected chi connectivity index (χ3v) is 12.3. The average Bonchev–Trinajstić information content (AvgIpc) is 4.12. The highest BCUT2D eigenvalue weighted by Crippen LogP contribution is 2.27. The van der Waals surface area contributed by atoms with E-state index in [1.165, 1.54) is 19.6 Å². The molecular formula is C39H61N11O13. The number of carbonyl (C=O) groups is 10. The van der Waals surface area contributed by atoms with Crippen LogP contribution in [-0.2, 0) is 47.9 Å². The summed E-state index contributed by atoms with van der Waals surface area (Å²) in [5.74, 6) is -6.68. The predicted octanol–water partition coefficient (Wildman–Crippen LogP) is -6.11. The topological polar surface area (TPSA) is 348 Å². The van der Waals surface area contributed by atoms with E-state index in [1.54, 1.807) is 0 Å². The van der Waals surface area contributed by atoms with E-state index in [2.05, 4.69) is 21.3 Å². The lowest BCUT2D eigenvalue weighted by Gasteiger charge is -2.31. The predicted molar refractivity (Wildman–Crippen MR) is 217 cm³/mol. The number of hydrogen-bond donors (Lipinski definition) is 9. The second-order valence-electron chi connectivity index (χ2n) is 16.6. The molecule has 5 saturated heterocycles. The highest BCUT2D eigenvalue weighted by Gasteiger charge is 2.46. The number of likely N-dealkylation sites (tertiary alicyclic amines) is 5. The summed E-state index contributed by atoms with van der Waals surface area (Å²) in [7, 11) is 0. The van der Waals surface area contributed by atoms with Gasteiger partial charge in [-0.15, -0.1) is 0 Å². The second kappa shape index (κ2) is 22.2. The first-order chi connectivity index (χ1) is 30.1. The number of nitrogens with two attached hydrogens (primary N) is 2. The first kappa shape index (κ1) is 48.6. The zero-order chi connectivity index (χ0) is 46.0. The van der Waals surface area contributed by atoms with Crippen LogP contribution in [0.15, 0.2) is 0 Å². The van der Waals surface area contributed by atoms with Crippen molar-refractivity contribution in [2.75, 3.05) is 65.4 Å². The Morgan fingerprint density at radius 1 is 0.571 bits per heavy atom. The minimum atomic E-state index is -1.25. The maximum Gasteiger partial charge on any atom is 0.322 e. The van der Waals surface area contributed by atoms with Gasteiger partial charge in [0, 0.05) is 45.6 Å². The molecule has 9 amide bonds. The van der Waals surface area contributed by atoms with Crippen LogP contribution in [0, 0.1) is 0 Å². The first-order valence-corrected chi connectivity index (χ1v) is 21.7. The van der Waals surface area contributed by atoms with Crippen LogP contribution in [-0.4, -0.2) is 213 Å². The number of nitrogens with one attached hydrogen (secondary N) is 4. The van der Waals surface area contributed by atoms with E-state index in [0.717, 1.165) is 4.90 Å². The number of rotatable bonds is 18. The molecule has 0 saturated carbocycles. The lowest BCUT2D eigenvalue weighted by Crippen LogP contribution is -2.56. The van der Waals surface area contributed by atoms with E-state index in [9.17, 15) is 58.2 Å². The number of β-amino-alcohol motifs (C(OH)–C–C–N with tert-alkyl or cyclic N) is 2. The molecule has 5 rings (SSSR count). The molecule has 0 radical (unpaired) electrons. The molecule has 24 nitrogen and oxygen atoms in total. The van der Waals surface area contributed by atoms with E-state index in [4.69, 9.17) is 16.6 Å². The number of hydrogen-bond acceptors (Lipinski definition) is 14. The van der Waals surface area contributed by atoms with Crippen molar-refractivity contribution in [3.63, 3.8) is 0 Å². The highest BCUT2D eigenvalue weighted by atomic mass is 16.4. The van der Waals surface area contributed by atoms with E-state index >= 15 is 0 Å². The standard InChI is InChI=1S/C39H61N11O13/c40-10-2-1-6-24(45-30(53)17-42-34(58)26-8-4-12-47(26)38(62)28-14-22(51)20-49(28)31(54)16-41)37(61)46-11-3-7-25(46)35(59)43-18-32(55)50-21-23(52)15-29(50)39(63)48-13-5-9-27(48)36(60)44-19-33(56)57/h22-29,51-52H,1-21,40-41H2,(H,42,58)(H,43,59)(H,44,60)(H,45,53)(H,56,57)/t22-,23-,24+,25+,26+,27+,28+,29+/m1/s1. The molecule has 0 aromatic rings. The van der Waals surface area contributed by atoms with Gasteiger partial charge in [0.25, 0.3) is 0 Å². The second-order valence-corrected chi connectivity index (χ2v) is 16.6. The molecule has 0 bridgehead atoms. The summed E-state index contributed by atoms with van der Waals surface area (Å²) in [6, 6.07) is -6.08. The third kappa shape index (κ3) is 12.0. The van der Waals surface area contributed by atoms with Crippen LogP contribution < -0.4 is 32.7 Å². The number of aliphatic carboxylic acids is 1. The summed E-state index contributed by atoms with van der Waals surface area (Å²) in [5, 5.41) is 39.6. The van der Waals surface area contributed by atoms with E-state index in [1.807, 2.05) is 0 Å². The Hall–Kier alpha value is -5.46. The van der Waals surface area contributed by atoms with Gasteiger partial charge in [0.2, 0.25) is 53.2 Å². The van der Waals surface area contributed by atoms with Crippen LogP contribution in [0.4, 0.5) is 0 Å². The monoisotopic (exact) mass is 891 g/mol. The summed E-state index contributed by atoms with van der Waals surface area (Å²) in [5.41, 5.74) is 11.2. The number of aliphatic hydroxyl groups is 2. The van der Waals surface area contributed by atoms with Crippen LogP contribution in [0.5, 0.6) is 0 Å². The average molecular weight is 892 g/mol. The van der Waals surface area contributed by atoms with Gasteiger partial charge in [-0.1, -0.05) is 0 Å².